The second-order valence-electron chi connectivity index (χ2n) is 14.3. The Hall–Kier alpha value is -6.70. The van der Waals surface area contributed by atoms with Crippen LogP contribution >= 0.6 is 0 Å². The molecule has 11 rings (SSSR count). The first-order valence-electron chi connectivity index (χ1n) is 30.2. The van der Waals surface area contributed by atoms with E-state index in [0.29, 0.717) is 0 Å². The van der Waals surface area contributed by atoms with Crippen molar-refractivity contribution in [3.8, 4) is 33.4 Å². The lowest BCUT2D eigenvalue weighted by Gasteiger charge is -2.20. The molecule has 0 atom stereocenters. The zero-order valence-electron chi connectivity index (χ0n) is 55.4. The molecule has 11 aromatic rings. The van der Waals surface area contributed by atoms with E-state index in [1.165, 1.54) is 41.5 Å². The highest BCUT2D eigenvalue weighted by atomic mass is 16.3. The third-order valence-electron chi connectivity index (χ3n) is 10.3. The summed E-state index contributed by atoms with van der Waals surface area (Å²) in [7, 11) is 0. The number of benzene rings is 10. The molecule has 272 valence electrons. The van der Waals surface area contributed by atoms with E-state index in [1.807, 2.05) is 0 Å². The molecular formula is C56H42O. The molecule has 1 heterocycles. The summed E-state index contributed by atoms with van der Waals surface area (Å²) in [5.41, 5.74) is -3.74. The van der Waals surface area contributed by atoms with Crippen LogP contribution in [0.2, 0.25) is 0 Å². The van der Waals surface area contributed by atoms with Crippen molar-refractivity contribution in [3.05, 3.63) is 178 Å². The van der Waals surface area contributed by atoms with Crippen LogP contribution in [0.3, 0.4) is 0 Å². The van der Waals surface area contributed by atoms with Crippen LogP contribution in [-0.2, 0) is 0 Å². The van der Waals surface area contributed by atoms with Crippen molar-refractivity contribution < 1.29 is 37.3 Å². The molecule has 0 unspecified atom stereocenters. The van der Waals surface area contributed by atoms with Crippen molar-refractivity contribution in [2.24, 2.45) is 0 Å². The van der Waals surface area contributed by atoms with E-state index in [9.17, 15) is 24.7 Å². The van der Waals surface area contributed by atoms with Crippen LogP contribution in [0.4, 0.5) is 0 Å². The van der Waals surface area contributed by atoms with Crippen LogP contribution in [0, 0.1) is 41.5 Å². The van der Waals surface area contributed by atoms with Gasteiger partial charge in [-0.1, -0.05) is 138 Å². The molecule has 10 aromatic carbocycles. The van der Waals surface area contributed by atoms with Crippen molar-refractivity contribution in [2.75, 3.05) is 0 Å². The van der Waals surface area contributed by atoms with Crippen LogP contribution in [0.1, 0.15) is 66.3 Å². The van der Waals surface area contributed by atoms with Gasteiger partial charge in [0.1, 0.15) is 11.2 Å². The molecule has 0 spiro atoms. The molecule has 1 nitrogen and oxygen atoms in total. The van der Waals surface area contributed by atoms with Crippen molar-refractivity contribution in [2.45, 2.75) is 41.5 Å². The van der Waals surface area contributed by atoms with Gasteiger partial charge in [0.2, 0.25) is 0 Å². The van der Waals surface area contributed by atoms with E-state index in [-0.39, 0.29) is 111 Å². The first kappa shape index (κ1) is 17.2. The van der Waals surface area contributed by atoms with Crippen LogP contribution < -0.4 is 0 Å². The van der Waals surface area contributed by atoms with E-state index < -0.39 is 176 Å². The predicted octanol–water partition coefficient (Wildman–Crippen LogP) is 16.2. The molecule has 0 saturated heterocycles. The minimum atomic E-state index is -0.903. The number of rotatable bonds is 3. The van der Waals surface area contributed by atoms with E-state index in [0.717, 1.165) is 0 Å². The number of hydrogen-bond acceptors (Lipinski definition) is 1. The van der Waals surface area contributed by atoms with Gasteiger partial charge in [-0.05, 0) is 170 Å². The van der Waals surface area contributed by atoms with Gasteiger partial charge in [0.15, 0.2) is 0 Å². The highest BCUT2D eigenvalue weighted by molar-refractivity contribution is 6.27. The Kier molecular flexibility index (Phi) is 3.74. The number of fused-ring (bicyclic) bond motifs is 9. The Bertz CT molecular complexity index is 4840. The van der Waals surface area contributed by atoms with Crippen molar-refractivity contribution >= 4 is 75.8 Å². The van der Waals surface area contributed by atoms with E-state index in [1.54, 1.807) is 0 Å². The molecule has 1 heteroatoms. The third-order valence-corrected chi connectivity index (χ3v) is 10.3. The minimum absolute atomic E-state index is 0.0131. The molecule has 0 aliphatic carbocycles. The Balaban J connectivity index is 1.45. The van der Waals surface area contributed by atoms with E-state index >= 15 is 0 Å². The molecule has 0 aliphatic rings. The summed E-state index contributed by atoms with van der Waals surface area (Å²) in [5.74, 6) is 0. The van der Waals surface area contributed by atoms with Crippen LogP contribution in [0.5, 0.6) is 0 Å². The predicted molar refractivity (Wildman–Crippen MR) is 246 cm³/mol. The maximum atomic E-state index is 10.3. The topological polar surface area (TPSA) is 13.1 Å². The smallest absolute Gasteiger partial charge is 0.136 e. The quantitative estimate of drug-likeness (QED) is 0.129. The van der Waals surface area contributed by atoms with E-state index in [2.05, 4.69) is 0 Å². The maximum Gasteiger partial charge on any atom is 0.136 e. The number of hydrogen-bond donors (Lipinski definition) is 0. The van der Waals surface area contributed by atoms with Gasteiger partial charge in [-0.25, -0.2) is 0 Å². The van der Waals surface area contributed by atoms with Crippen LogP contribution in [0.15, 0.2) is 149 Å². The highest BCUT2D eigenvalue weighted by Crippen LogP contribution is 2.49. The number of aryl methyl sites for hydroxylation is 2. The second-order valence-corrected chi connectivity index (χ2v) is 14.3. The average molecular weight is 755 g/mol. The Morgan fingerprint density at radius 3 is 1.79 bits per heavy atom. The van der Waals surface area contributed by atoms with Gasteiger partial charge in [-0.3, -0.25) is 0 Å². The van der Waals surface area contributed by atoms with Crippen LogP contribution in [-0.4, -0.2) is 0 Å². The fourth-order valence-corrected chi connectivity index (χ4v) is 7.97. The lowest BCUT2D eigenvalue weighted by molar-refractivity contribution is 0.669. The Morgan fingerprint density at radius 1 is 0.351 bits per heavy atom. The van der Waals surface area contributed by atoms with Gasteiger partial charge in [-0.15, -0.1) is 0 Å². The molecule has 0 fully saturated rings. The van der Waals surface area contributed by atoms with Gasteiger partial charge in [0.05, 0.1) is 32.9 Å². The van der Waals surface area contributed by atoms with Gasteiger partial charge < -0.3 is 4.42 Å². The van der Waals surface area contributed by atoms with Crippen molar-refractivity contribution in [3.63, 3.8) is 0 Å². The summed E-state index contributed by atoms with van der Waals surface area (Å²) in [6.45, 7) is 8.49. The molecule has 0 N–H and O–H groups in total. The first-order valence-corrected chi connectivity index (χ1v) is 18.2. The third kappa shape index (κ3) is 5.15. The van der Waals surface area contributed by atoms with Gasteiger partial charge in [0.25, 0.3) is 0 Å². The summed E-state index contributed by atoms with van der Waals surface area (Å²) in [5, 5.41) is -3.38. The summed E-state index contributed by atoms with van der Waals surface area (Å²) >= 11 is 0. The fraction of sp³-hybridized carbons (Fsp3) is 0.107. The second kappa shape index (κ2) is 12.4. The lowest BCUT2D eigenvalue weighted by Crippen LogP contribution is -1.94. The Labute approximate surface area is 366 Å². The molecule has 57 heavy (non-hydrogen) atoms. The molecule has 0 bridgehead atoms. The first-order chi connectivity index (χ1) is 37.8. The monoisotopic (exact) mass is 754 g/mol. The van der Waals surface area contributed by atoms with Crippen LogP contribution in [0.25, 0.3) is 109 Å². The summed E-state index contributed by atoms with van der Waals surface area (Å²) < 4.78 is 232. The van der Waals surface area contributed by atoms with Crippen molar-refractivity contribution in [1.29, 1.82) is 0 Å². The van der Waals surface area contributed by atoms with Gasteiger partial charge >= 0.3 is 0 Å². The van der Waals surface area contributed by atoms with Gasteiger partial charge in [-0.2, -0.15) is 0 Å². The minimum Gasteiger partial charge on any atom is -0.456 e. The normalized spacial score (nSPS) is 17.9. The molecule has 1 aromatic heterocycles. The molecule has 0 radical (unpaired) electrons. The highest BCUT2D eigenvalue weighted by Gasteiger charge is 2.22. The SMILES string of the molecule is [2H]c1c([2H])c(-c2c3c([2H])c(C)c([2H])c([2H])c3c(-c3c([2H])c(C)c([2H])c4oc5c([2H])c6c([2H])c([2H])c([2H])c([2H])c6c([2H])c5c34)c3c([2H])c(C)c([2H])c([2H])c23)c([2H])c(-c2c([2H])c([2H])c(C)c3c(C)c([2H])c4c([2H])c([2H])c(C)c([2H])c4c23)c1[2H]. The summed E-state index contributed by atoms with van der Waals surface area (Å²) in [6.07, 6.45) is 0. The molecular weight excluding hydrogens is 689 g/mol. The molecule has 0 aliphatic heterocycles. The standard InChI is InChI=1S/C56H42O/c1-31-14-18-40-27-36(6)52-35(5)17-21-42(56(52)45(40)22-31)39-12-9-13-41(28-39)53-43-19-15-33(3)24-47(43)54(44-20-16-32(2)23-46(44)53)49-25-34(4)26-51-55(49)48-29-37-10-7-8-11-38(37)30-50(48)57-51/h7-30H,1-6H3/i7D,8D,9D,10D,11D,12D,13D,14D,15D,16D,17D,18D,19D,20D,21D,22D,23D,24D,25D,26D,27D,28D,29D,30D. The fourth-order valence-electron chi connectivity index (χ4n) is 7.97. The molecule has 0 saturated carbocycles. The molecule has 0 amide bonds. The largest absolute Gasteiger partial charge is 0.456 e. The Morgan fingerprint density at radius 2 is 1.02 bits per heavy atom. The van der Waals surface area contributed by atoms with Crippen molar-refractivity contribution in [1.82, 2.24) is 0 Å². The van der Waals surface area contributed by atoms with Gasteiger partial charge in [0, 0.05) is 10.8 Å². The number of furan rings is 1. The lowest BCUT2D eigenvalue weighted by atomic mass is 9.82. The summed E-state index contributed by atoms with van der Waals surface area (Å²) in [4.78, 5) is 0. The maximum absolute atomic E-state index is 10.3. The zero-order valence-corrected chi connectivity index (χ0v) is 31.4. The van der Waals surface area contributed by atoms with E-state index in [4.69, 9.17) is 12.6 Å². The average Bonchev–Trinajstić information content (AvgIpc) is 3.16. The summed E-state index contributed by atoms with van der Waals surface area (Å²) in [6, 6.07) is -14.5. The zero-order chi connectivity index (χ0) is 59.6.